The Bertz CT molecular complexity index is 366. The zero-order valence-electron chi connectivity index (χ0n) is 9.96. The highest BCUT2D eigenvalue weighted by Gasteiger charge is 2.27. The van der Waals surface area contributed by atoms with Crippen LogP contribution in [0.1, 0.15) is 25.5 Å². The van der Waals surface area contributed by atoms with Crippen LogP contribution in [0, 0.1) is 5.41 Å². The number of nitrogens with two attached hydrogens (primary N) is 2. The van der Waals surface area contributed by atoms with Gasteiger partial charge in [0.05, 0.1) is 7.11 Å². The fourth-order valence-corrected chi connectivity index (χ4v) is 1.72. The summed E-state index contributed by atoms with van der Waals surface area (Å²) in [6.45, 7) is 4.56. The van der Waals surface area contributed by atoms with Crippen LogP contribution in [0.15, 0.2) is 18.2 Å². The number of hydrogen-bond acceptors (Lipinski definition) is 3. The predicted octanol–water partition coefficient (Wildman–Crippen LogP) is 2.33. The molecule has 4 N–H and O–H groups in total. The van der Waals surface area contributed by atoms with Gasteiger partial charge in [0.1, 0.15) is 5.75 Å². The summed E-state index contributed by atoms with van der Waals surface area (Å²) in [5.41, 5.74) is 12.6. The summed E-state index contributed by atoms with van der Waals surface area (Å²) in [5.74, 6) is 0.728. The molecule has 1 rings (SSSR count). The van der Waals surface area contributed by atoms with Crippen LogP contribution in [0.3, 0.4) is 0 Å². The van der Waals surface area contributed by atoms with Gasteiger partial charge < -0.3 is 16.2 Å². The van der Waals surface area contributed by atoms with Crippen molar-refractivity contribution in [2.45, 2.75) is 19.9 Å². The molecular formula is C12H19ClN2O. The molecule has 0 saturated heterocycles. The maximum atomic E-state index is 6.17. The molecule has 0 bridgehead atoms. The second-order valence-corrected chi connectivity index (χ2v) is 4.97. The van der Waals surface area contributed by atoms with Gasteiger partial charge in [-0.05, 0) is 29.7 Å². The molecule has 0 saturated carbocycles. The molecule has 0 heterocycles. The van der Waals surface area contributed by atoms with Crippen LogP contribution in [0.4, 0.5) is 0 Å². The summed E-state index contributed by atoms with van der Waals surface area (Å²) in [4.78, 5) is 0. The molecule has 0 radical (unpaired) electrons. The Balaban J connectivity index is 3.05. The number of hydrogen-bond donors (Lipinski definition) is 2. The fourth-order valence-electron chi connectivity index (χ4n) is 1.43. The van der Waals surface area contributed by atoms with Gasteiger partial charge in [-0.25, -0.2) is 0 Å². The van der Waals surface area contributed by atoms with E-state index in [4.69, 9.17) is 27.8 Å². The summed E-state index contributed by atoms with van der Waals surface area (Å²) in [7, 11) is 1.61. The molecule has 16 heavy (non-hydrogen) atoms. The van der Waals surface area contributed by atoms with Crippen molar-refractivity contribution in [2.24, 2.45) is 16.9 Å². The highest BCUT2D eigenvalue weighted by molar-refractivity contribution is 6.31. The van der Waals surface area contributed by atoms with E-state index < -0.39 is 0 Å². The average molecular weight is 243 g/mol. The first-order valence-electron chi connectivity index (χ1n) is 5.21. The van der Waals surface area contributed by atoms with Crippen molar-refractivity contribution >= 4 is 11.6 Å². The molecule has 4 heteroatoms. The van der Waals surface area contributed by atoms with E-state index in [0.717, 1.165) is 11.3 Å². The van der Waals surface area contributed by atoms with Crippen LogP contribution in [-0.2, 0) is 0 Å². The normalized spacial score (nSPS) is 13.6. The van der Waals surface area contributed by atoms with Crippen LogP contribution in [0.25, 0.3) is 0 Å². The number of benzene rings is 1. The average Bonchev–Trinajstić information content (AvgIpc) is 2.28. The topological polar surface area (TPSA) is 61.3 Å². The van der Waals surface area contributed by atoms with Crippen LogP contribution >= 0.6 is 11.6 Å². The molecular weight excluding hydrogens is 224 g/mol. The van der Waals surface area contributed by atoms with Gasteiger partial charge >= 0.3 is 0 Å². The van der Waals surface area contributed by atoms with Gasteiger partial charge in [-0.1, -0.05) is 31.5 Å². The molecule has 0 amide bonds. The Morgan fingerprint density at radius 3 is 2.50 bits per heavy atom. The number of halogens is 1. The quantitative estimate of drug-likeness (QED) is 0.852. The van der Waals surface area contributed by atoms with Crippen molar-refractivity contribution in [2.75, 3.05) is 13.7 Å². The van der Waals surface area contributed by atoms with Gasteiger partial charge in [0.25, 0.3) is 0 Å². The van der Waals surface area contributed by atoms with E-state index in [2.05, 4.69) is 0 Å². The van der Waals surface area contributed by atoms with E-state index in [0.29, 0.717) is 11.6 Å². The molecule has 1 atom stereocenters. The molecule has 1 unspecified atom stereocenters. The lowest BCUT2D eigenvalue weighted by Gasteiger charge is -2.31. The molecule has 3 nitrogen and oxygen atoms in total. The lowest BCUT2D eigenvalue weighted by atomic mass is 9.81. The van der Waals surface area contributed by atoms with E-state index >= 15 is 0 Å². The summed E-state index contributed by atoms with van der Waals surface area (Å²) in [6.07, 6.45) is 0. The molecule has 1 aromatic carbocycles. The van der Waals surface area contributed by atoms with Gasteiger partial charge in [0.15, 0.2) is 0 Å². The van der Waals surface area contributed by atoms with Crippen LogP contribution in [0.5, 0.6) is 5.75 Å². The van der Waals surface area contributed by atoms with Crippen LogP contribution < -0.4 is 16.2 Å². The third-order valence-electron chi connectivity index (χ3n) is 2.91. The largest absolute Gasteiger partial charge is 0.497 e. The Morgan fingerprint density at radius 2 is 2.06 bits per heavy atom. The Hall–Kier alpha value is -0.770. The van der Waals surface area contributed by atoms with E-state index in [1.165, 1.54) is 0 Å². The minimum atomic E-state index is -0.184. The Labute approximate surface area is 102 Å². The Kier molecular flexibility index (Phi) is 4.19. The molecule has 1 aromatic rings. The monoisotopic (exact) mass is 242 g/mol. The van der Waals surface area contributed by atoms with E-state index in [9.17, 15) is 0 Å². The highest BCUT2D eigenvalue weighted by atomic mass is 35.5. The summed E-state index contributed by atoms with van der Waals surface area (Å²) in [5, 5.41) is 0.619. The van der Waals surface area contributed by atoms with Gasteiger partial charge in [-0.15, -0.1) is 0 Å². The van der Waals surface area contributed by atoms with E-state index in [1.54, 1.807) is 13.2 Å². The number of ether oxygens (including phenoxy) is 1. The standard InChI is InChI=1S/C12H19ClN2O/c1-12(2,7-14)11(15)9-5-4-8(16-3)6-10(9)13/h4-6,11H,7,14-15H2,1-3H3. The fraction of sp³-hybridized carbons (Fsp3) is 0.500. The molecule has 0 aromatic heterocycles. The van der Waals surface area contributed by atoms with Gasteiger partial charge in [0, 0.05) is 11.1 Å². The number of rotatable bonds is 4. The molecule has 90 valence electrons. The smallest absolute Gasteiger partial charge is 0.120 e. The van der Waals surface area contributed by atoms with Crippen LogP contribution in [0.2, 0.25) is 5.02 Å². The summed E-state index contributed by atoms with van der Waals surface area (Å²) >= 11 is 6.17. The Morgan fingerprint density at radius 1 is 1.44 bits per heavy atom. The highest BCUT2D eigenvalue weighted by Crippen LogP contribution is 2.35. The van der Waals surface area contributed by atoms with Crippen LogP contribution in [-0.4, -0.2) is 13.7 Å². The van der Waals surface area contributed by atoms with Crippen molar-refractivity contribution in [1.29, 1.82) is 0 Å². The van der Waals surface area contributed by atoms with Gasteiger partial charge in [0.2, 0.25) is 0 Å². The van der Waals surface area contributed by atoms with E-state index in [1.807, 2.05) is 26.0 Å². The van der Waals surface area contributed by atoms with Gasteiger partial charge in [-0.2, -0.15) is 0 Å². The predicted molar refractivity (Wildman–Crippen MR) is 67.8 cm³/mol. The van der Waals surface area contributed by atoms with Crippen molar-refractivity contribution < 1.29 is 4.74 Å². The third-order valence-corrected chi connectivity index (χ3v) is 3.24. The maximum Gasteiger partial charge on any atom is 0.120 e. The lowest BCUT2D eigenvalue weighted by molar-refractivity contribution is 0.301. The van der Waals surface area contributed by atoms with Crippen molar-refractivity contribution in [1.82, 2.24) is 0 Å². The zero-order chi connectivity index (χ0) is 12.3. The van der Waals surface area contributed by atoms with E-state index in [-0.39, 0.29) is 11.5 Å². The molecule has 0 aliphatic rings. The minimum absolute atomic E-state index is 0.182. The minimum Gasteiger partial charge on any atom is -0.497 e. The SMILES string of the molecule is COc1ccc(C(N)C(C)(C)CN)c(Cl)c1. The summed E-state index contributed by atoms with van der Waals surface area (Å²) in [6, 6.07) is 5.33. The summed E-state index contributed by atoms with van der Waals surface area (Å²) < 4.78 is 5.09. The first-order valence-corrected chi connectivity index (χ1v) is 5.59. The van der Waals surface area contributed by atoms with Crippen molar-refractivity contribution in [3.8, 4) is 5.75 Å². The first kappa shape index (κ1) is 13.3. The van der Waals surface area contributed by atoms with Crippen molar-refractivity contribution in [3.05, 3.63) is 28.8 Å². The zero-order valence-corrected chi connectivity index (χ0v) is 10.7. The molecule has 0 spiro atoms. The second-order valence-electron chi connectivity index (χ2n) is 4.56. The van der Waals surface area contributed by atoms with Gasteiger partial charge in [-0.3, -0.25) is 0 Å². The molecule has 0 aliphatic carbocycles. The molecule has 0 fully saturated rings. The van der Waals surface area contributed by atoms with Crippen molar-refractivity contribution in [3.63, 3.8) is 0 Å². The molecule has 0 aliphatic heterocycles. The first-order chi connectivity index (χ1) is 7.42. The maximum absolute atomic E-state index is 6.17. The number of methoxy groups -OCH3 is 1. The second kappa shape index (κ2) is 5.04. The lowest BCUT2D eigenvalue weighted by Crippen LogP contribution is -2.36. The third kappa shape index (κ3) is 2.67.